The molecule has 7 atom stereocenters. The van der Waals surface area contributed by atoms with Crippen molar-refractivity contribution in [2.75, 3.05) is 19.8 Å². The van der Waals surface area contributed by atoms with Crippen LogP contribution in [-0.4, -0.2) is 100 Å². The second-order valence-electron chi connectivity index (χ2n) is 22.1. The number of amides is 1. The van der Waals surface area contributed by atoms with Crippen molar-refractivity contribution in [3.8, 4) is 0 Å². The highest BCUT2D eigenvalue weighted by atomic mass is 16.7. The van der Waals surface area contributed by atoms with E-state index in [0.29, 0.717) is 19.4 Å². The monoisotopic (exact) mass is 1060 g/mol. The van der Waals surface area contributed by atoms with Gasteiger partial charge in [0.05, 0.1) is 32.0 Å². The third kappa shape index (κ3) is 43.4. The van der Waals surface area contributed by atoms with Crippen LogP contribution in [-0.2, 0) is 23.8 Å². The van der Waals surface area contributed by atoms with Gasteiger partial charge in [0.25, 0.3) is 0 Å². The van der Waals surface area contributed by atoms with Crippen molar-refractivity contribution < 1.29 is 49.3 Å². The third-order valence-corrected chi connectivity index (χ3v) is 15.0. The van der Waals surface area contributed by atoms with Gasteiger partial charge in [0.15, 0.2) is 6.29 Å². The molecule has 1 aliphatic heterocycles. The Morgan fingerprint density at radius 1 is 0.480 bits per heavy atom. The molecule has 6 N–H and O–H groups in total. The maximum atomic E-state index is 13.0. The zero-order valence-electron chi connectivity index (χ0n) is 48.5. The largest absolute Gasteiger partial charge is 0.466 e. The second kappa shape index (κ2) is 53.9. The molecule has 0 aromatic carbocycles. The van der Waals surface area contributed by atoms with Crippen LogP contribution in [0.1, 0.15) is 296 Å². The molecular formula is C64H119NO10. The number of nitrogens with one attached hydrogen (secondary N) is 1. The van der Waals surface area contributed by atoms with Crippen LogP contribution in [0.3, 0.4) is 0 Å². The van der Waals surface area contributed by atoms with Crippen LogP contribution >= 0.6 is 0 Å². The predicted octanol–water partition coefficient (Wildman–Crippen LogP) is 15.1. The van der Waals surface area contributed by atoms with Gasteiger partial charge in [-0.05, 0) is 70.6 Å². The summed E-state index contributed by atoms with van der Waals surface area (Å²) in [5, 5.41) is 54.4. The number of unbranched alkanes of at least 4 members (excludes halogenated alkanes) is 37. The summed E-state index contributed by atoms with van der Waals surface area (Å²) in [6.07, 6.45) is 56.7. The lowest BCUT2D eigenvalue weighted by Crippen LogP contribution is -2.60. The fourth-order valence-corrected chi connectivity index (χ4v) is 9.92. The zero-order valence-corrected chi connectivity index (χ0v) is 48.5. The highest BCUT2D eigenvalue weighted by Crippen LogP contribution is 2.23. The van der Waals surface area contributed by atoms with Crippen molar-refractivity contribution in [2.45, 2.75) is 339 Å². The SMILES string of the molecule is CCCCCCCCCC/C=C/CC/C=C/C(O)C(COC1OC(CO)C(O)C(O)C1O)NC(=O)CCCCCCCCC/C=C\CCCCCCCCCCCCCOC(=O)CCCCCCCCCCCCC. The second-order valence-corrected chi connectivity index (χ2v) is 22.1. The molecule has 11 heteroatoms. The molecule has 11 nitrogen and oxygen atoms in total. The van der Waals surface area contributed by atoms with Crippen molar-refractivity contribution in [3.63, 3.8) is 0 Å². The molecule has 0 aromatic heterocycles. The number of rotatable bonds is 55. The lowest BCUT2D eigenvalue weighted by Gasteiger charge is -2.40. The normalized spacial score (nSPS) is 18.9. The minimum Gasteiger partial charge on any atom is -0.466 e. The van der Waals surface area contributed by atoms with E-state index in [1.807, 2.05) is 6.08 Å². The molecule has 0 saturated carbocycles. The van der Waals surface area contributed by atoms with E-state index in [4.69, 9.17) is 14.2 Å². The first kappa shape index (κ1) is 70.9. The molecule has 0 aromatic rings. The predicted molar refractivity (Wildman–Crippen MR) is 311 cm³/mol. The summed E-state index contributed by atoms with van der Waals surface area (Å²) in [6.45, 7) is 4.32. The molecule has 1 heterocycles. The fourth-order valence-electron chi connectivity index (χ4n) is 9.92. The van der Waals surface area contributed by atoms with E-state index in [-0.39, 0.29) is 18.5 Å². The summed E-state index contributed by atoms with van der Waals surface area (Å²) in [7, 11) is 0. The average molecular weight is 1060 g/mol. The van der Waals surface area contributed by atoms with E-state index < -0.39 is 49.5 Å². The van der Waals surface area contributed by atoms with Crippen LogP contribution in [0.25, 0.3) is 0 Å². The number of esters is 1. The minimum atomic E-state index is -1.58. The smallest absolute Gasteiger partial charge is 0.305 e. The van der Waals surface area contributed by atoms with E-state index in [1.165, 1.54) is 199 Å². The first-order valence-corrected chi connectivity index (χ1v) is 31.8. The van der Waals surface area contributed by atoms with Crippen LogP contribution < -0.4 is 5.32 Å². The summed E-state index contributed by atoms with van der Waals surface area (Å²) in [6, 6.07) is -0.833. The van der Waals surface area contributed by atoms with Gasteiger partial charge >= 0.3 is 5.97 Å². The Labute approximate surface area is 460 Å². The molecule has 0 spiro atoms. The maximum absolute atomic E-state index is 13.0. The van der Waals surface area contributed by atoms with Gasteiger partial charge in [0, 0.05) is 12.8 Å². The van der Waals surface area contributed by atoms with Crippen LogP contribution in [0.15, 0.2) is 36.5 Å². The molecule has 0 aliphatic carbocycles. The zero-order chi connectivity index (χ0) is 54.5. The Balaban J connectivity index is 2.08. The lowest BCUT2D eigenvalue weighted by atomic mass is 9.99. The van der Waals surface area contributed by atoms with Gasteiger partial charge < -0.3 is 45.1 Å². The number of aliphatic hydroxyl groups is 5. The molecule has 0 radical (unpaired) electrons. The average Bonchev–Trinajstić information content (AvgIpc) is 3.41. The topological polar surface area (TPSA) is 175 Å². The van der Waals surface area contributed by atoms with E-state index in [2.05, 4.69) is 43.5 Å². The van der Waals surface area contributed by atoms with Crippen LogP contribution in [0.2, 0.25) is 0 Å². The van der Waals surface area contributed by atoms with Crippen LogP contribution in [0.5, 0.6) is 0 Å². The minimum absolute atomic E-state index is 0.00323. The molecule has 1 aliphatic rings. The number of ether oxygens (including phenoxy) is 3. The highest BCUT2D eigenvalue weighted by molar-refractivity contribution is 5.76. The first-order chi connectivity index (χ1) is 36.7. The van der Waals surface area contributed by atoms with Gasteiger partial charge in [-0.25, -0.2) is 0 Å². The van der Waals surface area contributed by atoms with E-state index in [1.54, 1.807) is 6.08 Å². The fraction of sp³-hybridized carbons (Fsp3) is 0.875. The number of hydrogen-bond donors (Lipinski definition) is 6. The molecule has 1 amide bonds. The van der Waals surface area contributed by atoms with Crippen molar-refractivity contribution in [3.05, 3.63) is 36.5 Å². The first-order valence-electron chi connectivity index (χ1n) is 31.8. The third-order valence-electron chi connectivity index (χ3n) is 15.0. The number of allylic oxidation sites excluding steroid dienone is 5. The van der Waals surface area contributed by atoms with E-state index in [0.717, 1.165) is 70.6 Å². The van der Waals surface area contributed by atoms with Gasteiger partial charge in [-0.15, -0.1) is 0 Å². The summed E-state index contributed by atoms with van der Waals surface area (Å²) < 4.78 is 16.7. The Kier molecular flexibility index (Phi) is 50.9. The summed E-state index contributed by atoms with van der Waals surface area (Å²) in [4.78, 5) is 25.1. The van der Waals surface area contributed by atoms with E-state index >= 15 is 0 Å². The standard InChI is InChI=1S/C64H119NO10/c1-3-5-7-9-11-13-15-16-27-31-34-38-42-46-50-57(67)56(55-74-64-63(72)62(71)61(70)58(54-66)75-64)65-59(68)51-47-43-39-35-32-28-25-23-21-19-17-18-20-22-24-26-29-33-37-41-45-49-53-73-60(69)52-48-44-40-36-30-14-12-10-8-6-4-2/h19,21,31,34,46,50,56-58,61-64,66-67,70-72H,3-18,20,22-30,32-33,35-45,47-49,51-55H2,1-2H3,(H,65,68)/b21-19-,34-31+,50-46+. The van der Waals surface area contributed by atoms with E-state index in [9.17, 15) is 35.1 Å². The molecule has 7 unspecified atom stereocenters. The van der Waals surface area contributed by atoms with Gasteiger partial charge in [-0.2, -0.15) is 0 Å². The van der Waals surface area contributed by atoms with Crippen LogP contribution in [0.4, 0.5) is 0 Å². The van der Waals surface area contributed by atoms with Crippen molar-refractivity contribution in [2.24, 2.45) is 0 Å². The molecular weight excluding hydrogens is 943 g/mol. The number of carbonyl (C=O) groups is 2. The number of carbonyl (C=O) groups excluding carboxylic acids is 2. The highest BCUT2D eigenvalue weighted by Gasteiger charge is 2.44. The summed E-state index contributed by atoms with van der Waals surface area (Å²) in [5.41, 5.74) is 0. The summed E-state index contributed by atoms with van der Waals surface area (Å²) in [5.74, 6) is -0.201. The van der Waals surface area contributed by atoms with Crippen molar-refractivity contribution in [1.29, 1.82) is 0 Å². The molecule has 0 bridgehead atoms. The Morgan fingerprint density at radius 3 is 1.32 bits per heavy atom. The molecule has 1 saturated heterocycles. The number of aliphatic hydroxyl groups excluding tert-OH is 5. The molecule has 75 heavy (non-hydrogen) atoms. The van der Waals surface area contributed by atoms with Gasteiger partial charge in [0.2, 0.25) is 5.91 Å². The van der Waals surface area contributed by atoms with Gasteiger partial charge in [-0.3, -0.25) is 9.59 Å². The van der Waals surface area contributed by atoms with Gasteiger partial charge in [-0.1, -0.05) is 249 Å². The molecule has 440 valence electrons. The number of hydrogen-bond acceptors (Lipinski definition) is 10. The Hall–Kier alpha value is -2.12. The Morgan fingerprint density at radius 2 is 0.867 bits per heavy atom. The molecule has 1 rings (SSSR count). The van der Waals surface area contributed by atoms with Gasteiger partial charge in [0.1, 0.15) is 24.4 Å². The molecule has 1 fully saturated rings. The van der Waals surface area contributed by atoms with Crippen molar-refractivity contribution in [1.82, 2.24) is 5.32 Å². The Bertz CT molecular complexity index is 1340. The van der Waals surface area contributed by atoms with Crippen LogP contribution in [0, 0.1) is 0 Å². The summed E-state index contributed by atoms with van der Waals surface area (Å²) >= 11 is 0. The lowest BCUT2D eigenvalue weighted by molar-refractivity contribution is -0.302. The van der Waals surface area contributed by atoms with Crippen molar-refractivity contribution >= 4 is 11.9 Å². The quantitative estimate of drug-likeness (QED) is 0.0195. The maximum Gasteiger partial charge on any atom is 0.305 e.